The van der Waals surface area contributed by atoms with E-state index in [0.717, 1.165) is 23.6 Å². The lowest BCUT2D eigenvalue weighted by Gasteiger charge is -2.10. The number of hydrogen-bond acceptors (Lipinski definition) is 5. The Bertz CT molecular complexity index is 677. The highest BCUT2D eigenvalue weighted by molar-refractivity contribution is 7.98. The van der Waals surface area contributed by atoms with E-state index in [4.69, 9.17) is 0 Å². The average Bonchev–Trinajstić information content (AvgIpc) is 2.83. The van der Waals surface area contributed by atoms with Gasteiger partial charge in [0.25, 0.3) is 11.5 Å². The van der Waals surface area contributed by atoms with Crippen LogP contribution in [0.25, 0.3) is 0 Å². The van der Waals surface area contributed by atoms with Crippen molar-refractivity contribution in [2.45, 2.75) is 43.5 Å². The summed E-state index contributed by atoms with van der Waals surface area (Å²) in [5, 5.41) is 0.196. The number of nitrogens with zero attached hydrogens (tertiary/aromatic N) is 2. The second kappa shape index (κ2) is 6.23. The van der Waals surface area contributed by atoms with Gasteiger partial charge in [-0.3, -0.25) is 4.79 Å². The number of aromatic nitrogens is 3. The zero-order chi connectivity index (χ0) is 15.6. The first-order valence-corrected chi connectivity index (χ1v) is 8.18. The van der Waals surface area contributed by atoms with Crippen LogP contribution >= 0.6 is 23.1 Å². The van der Waals surface area contributed by atoms with Crippen LogP contribution in [-0.2, 0) is 11.7 Å². The molecule has 2 heterocycles. The van der Waals surface area contributed by atoms with Gasteiger partial charge < -0.3 is 4.98 Å². The van der Waals surface area contributed by atoms with Gasteiger partial charge >= 0.3 is 0 Å². The Labute approximate surface area is 129 Å². The van der Waals surface area contributed by atoms with E-state index in [1.54, 1.807) is 5.51 Å². The Morgan fingerprint density at radius 3 is 2.81 bits per heavy atom. The number of thiazole rings is 1. The van der Waals surface area contributed by atoms with E-state index >= 15 is 0 Å². The van der Waals surface area contributed by atoms with Crippen molar-refractivity contribution < 1.29 is 8.78 Å². The van der Waals surface area contributed by atoms with Gasteiger partial charge in [-0.2, -0.15) is 8.78 Å². The Morgan fingerprint density at radius 2 is 2.19 bits per heavy atom. The fraction of sp³-hybridized carbons (Fsp3) is 0.462. The summed E-state index contributed by atoms with van der Waals surface area (Å²) in [6, 6.07) is 0.830. The SMILES string of the molecule is CC(C)c1ncsc1CSc1nc(C(C)(F)F)cc(=O)[nH]1. The summed E-state index contributed by atoms with van der Waals surface area (Å²) in [5.74, 6) is -2.29. The molecule has 0 fully saturated rings. The number of thioether (sulfide) groups is 1. The van der Waals surface area contributed by atoms with Crippen LogP contribution in [0.1, 0.15) is 43.0 Å². The van der Waals surface area contributed by atoms with E-state index in [-0.39, 0.29) is 5.16 Å². The molecule has 0 aromatic carbocycles. The van der Waals surface area contributed by atoms with Crippen LogP contribution < -0.4 is 5.56 Å². The first-order chi connectivity index (χ1) is 9.77. The second-order valence-electron chi connectivity index (χ2n) is 4.93. The largest absolute Gasteiger partial charge is 0.301 e. The Hall–Kier alpha value is -1.28. The number of aromatic amines is 1. The average molecular weight is 331 g/mol. The van der Waals surface area contributed by atoms with Crippen LogP contribution in [0, 0.1) is 0 Å². The summed E-state index contributed by atoms with van der Waals surface area (Å²) >= 11 is 2.74. The van der Waals surface area contributed by atoms with Crippen LogP contribution in [0.4, 0.5) is 8.78 Å². The van der Waals surface area contributed by atoms with Gasteiger partial charge in [-0.05, 0) is 5.92 Å². The first kappa shape index (κ1) is 16.1. The maximum absolute atomic E-state index is 13.3. The van der Waals surface area contributed by atoms with Gasteiger partial charge in [0.1, 0.15) is 5.69 Å². The molecule has 0 unspecified atom stereocenters. The number of halogens is 2. The standard InChI is InChI=1S/C13H15F2N3OS2/c1-7(2)11-8(21-6-16-11)5-20-12-17-9(13(3,14)15)4-10(19)18-12/h4,6-7H,5H2,1-3H3,(H,17,18,19). The molecule has 0 bridgehead atoms. The highest BCUT2D eigenvalue weighted by Crippen LogP contribution is 2.29. The van der Waals surface area contributed by atoms with Crippen molar-refractivity contribution in [1.82, 2.24) is 15.0 Å². The van der Waals surface area contributed by atoms with Crippen molar-refractivity contribution in [3.63, 3.8) is 0 Å². The van der Waals surface area contributed by atoms with Crippen LogP contribution in [0.5, 0.6) is 0 Å². The normalized spacial score (nSPS) is 12.1. The second-order valence-corrected chi connectivity index (χ2v) is 6.83. The first-order valence-electron chi connectivity index (χ1n) is 6.32. The van der Waals surface area contributed by atoms with E-state index in [9.17, 15) is 13.6 Å². The van der Waals surface area contributed by atoms with E-state index in [2.05, 4.69) is 15.0 Å². The molecule has 2 aromatic heterocycles. The molecular weight excluding hydrogens is 316 g/mol. The molecule has 2 aromatic rings. The molecule has 1 N–H and O–H groups in total. The molecule has 0 atom stereocenters. The molecule has 21 heavy (non-hydrogen) atoms. The van der Waals surface area contributed by atoms with Crippen molar-refractivity contribution in [1.29, 1.82) is 0 Å². The minimum atomic E-state index is -3.13. The van der Waals surface area contributed by atoms with Gasteiger partial charge in [-0.15, -0.1) is 11.3 Å². The molecule has 0 aliphatic heterocycles. The summed E-state index contributed by atoms with van der Waals surface area (Å²) in [6.45, 7) is 4.81. The van der Waals surface area contributed by atoms with Crippen LogP contribution in [0.2, 0.25) is 0 Å². The molecule has 0 saturated heterocycles. The number of alkyl halides is 2. The zero-order valence-corrected chi connectivity index (χ0v) is 13.4. The monoisotopic (exact) mass is 331 g/mol. The van der Waals surface area contributed by atoms with Gasteiger partial charge in [-0.25, -0.2) is 9.97 Å². The van der Waals surface area contributed by atoms with E-state index < -0.39 is 17.2 Å². The van der Waals surface area contributed by atoms with Crippen LogP contribution in [0.3, 0.4) is 0 Å². The highest BCUT2D eigenvalue weighted by atomic mass is 32.2. The third-order valence-electron chi connectivity index (χ3n) is 2.73. The third kappa shape index (κ3) is 4.10. The smallest absolute Gasteiger partial charge is 0.287 e. The van der Waals surface area contributed by atoms with Gasteiger partial charge in [0, 0.05) is 23.6 Å². The molecule has 2 rings (SSSR count). The topological polar surface area (TPSA) is 58.6 Å². The molecule has 114 valence electrons. The summed E-state index contributed by atoms with van der Waals surface area (Å²) in [6.07, 6.45) is 0. The predicted molar refractivity (Wildman–Crippen MR) is 80.2 cm³/mol. The van der Waals surface area contributed by atoms with Gasteiger partial charge in [0.2, 0.25) is 0 Å². The highest BCUT2D eigenvalue weighted by Gasteiger charge is 2.27. The fourth-order valence-electron chi connectivity index (χ4n) is 1.72. The van der Waals surface area contributed by atoms with Crippen molar-refractivity contribution in [2.75, 3.05) is 0 Å². The lowest BCUT2D eigenvalue weighted by molar-refractivity contribution is 0.0118. The molecule has 0 saturated carbocycles. The number of H-pyrrole nitrogens is 1. The molecular formula is C13H15F2N3OS2. The molecule has 8 heteroatoms. The van der Waals surface area contributed by atoms with Crippen molar-refractivity contribution in [3.8, 4) is 0 Å². The summed E-state index contributed by atoms with van der Waals surface area (Å²) in [7, 11) is 0. The zero-order valence-electron chi connectivity index (χ0n) is 11.8. The van der Waals surface area contributed by atoms with Gasteiger partial charge in [0.05, 0.1) is 11.2 Å². The van der Waals surface area contributed by atoms with Gasteiger partial charge in [-0.1, -0.05) is 25.6 Å². The summed E-state index contributed by atoms with van der Waals surface area (Å²) < 4.78 is 26.5. The van der Waals surface area contributed by atoms with Crippen molar-refractivity contribution >= 4 is 23.1 Å². The molecule has 0 amide bonds. The maximum Gasteiger partial charge on any atom is 0.287 e. The number of rotatable bonds is 5. The van der Waals surface area contributed by atoms with E-state index in [1.807, 2.05) is 13.8 Å². The molecule has 0 aliphatic carbocycles. The minimum absolute atomic E-state index is 0.196. The number of nitrogens with one attached hydrogen (secondary N) is 1. The van der Waals surface area contributed by atoms with Gasteiger partial charge in [0.15, 0.2) is 5.16 Å². The van der Waals surface area contributed by atoms with Crippen molar-refractivity contribution in [3.05, 3.63) is 38.2 Å². The molecule has 0 aliphatic rings. The Kier molecular flexibility index (Phi) is 4.77. The number of hydrogen-bond donors (Lipinski definition) is 1. The molecule has 0 radical (unpaired) electrons. The quantitative estimate of drug-likeness (QED) is 0.669. The van der Waals surface area contributed by atoms with Crippen LogP contribution in [0.15, 0.2) is 21.5 Å². The lowest BCUT2D eigenvalue weighted by Crippen LogP contribution is -2.17. The lowest BCUT2D eigenvalue weighted by atomic mass is 10.1. The molecule has 0 spiro atoms. The third-order valence-corrected chi connectivity index (χ3v) is 4.66. The summed E-state index contributed by atoms with van der Waals surface area (Å²) in [5.41, 5.74) is 1.67. The molecule has 4 nitrogen and oxygen atoms in total. The fourth-order valence-corrected chi connectivity index (χ4v) is 3.62. The van der Waals surface area contributed by atoms with E-state index in [1.165, 1.54) is 23.1 Å². The Morgan fingerprint density at radius 1 is 1.48 bits per heavy atom. The van der Waals surface area contributed by atoms with E-state index in [0.29, 0.717) is 11.7 Å². The van der Waals surface area contributed by atoms with Crippen molar-refractivity contribution in [2.24, 2.45) is 0 Å². The summed E-state index contributed by atoms with van der Waals surface area (Å²) in [4.78, 5) is 23.1. The predicted octanol–water partition coefficient (Wildman–Crippen LogP) is 3.75. The Balaban J connectivity index is 2.19. The minimum Gasteiger partial charge on any atom is -0.301 e. The maximum atomic E-state index is 13.3. The van der Waals surface area contributed by atoms with Crippen LogP contribution in [-0.4, -0.2) is 15.0 Å².